The molecule has 0 aliphatic rings. The van der Waals surface area contributed by atoms with Crippen molar-refractivity contribution in [3.63, 3.8) is 0 Å². The fourth-order valence-electron chi connectivity index (χ4n) is 2.76. The summed E-state index contributed by atoms with van der Waals surface area (Å²) < 4.78 is 6.64. The number of hydrogen-bond acceptors (Lipinski definition) is 5. The number of carbonyl (C=O) groups excluding carboxylic acids is 3. The van der Waals surface area contributed by atoms with Crippen molar-refractivity contribution >= 4 is 17.8 Å². The van der Waals surface area contributed by atoms with E-state index in [9.17, 15) is 14.4 Å². The van der Waals surface area contributed by atoms with Gasteiger partial charge in [-0.3, -0.25) is 9.59 Å². The highest BCUT2D eigenvalue weighted by atomic mass is 16.5. The summed E-state index contributed by atoms with van der Waals surface area (Å²) in [4.78, 5) is 37.9. The van der Waals surface area contributed by atoms with Crippen LogP contribution in [0.25, 0.3) is 5.69 Å². The maximum atomic E-state index is 12.7. The SMILES string of the molecule is CCNC(=O)CN(CC)C(=O)c1ccc(-n2ncc(C(=O)OCC)c2C)cc1. The van der Waals surface area contributed by atoms with Crippen LogP contribution >= 0.6 is 0 Å². The topological polar surface area (TPSA) is 93.5 Å². The van der Waals surface area contributed by atoms with Gasteiger partial charge in [-0.25, -0.2) is 9.48 Å². The first-order chi connectivity index (χ1) is 13.4. The maximum Gasteiger partial charge on any atom is 0.341 e. The number of likely N-dealkylation sites (N-methyl/N-ethyl adjacent to an activating group) is 2. The van der Waals surface area contributed by atoms with Crippen molar-refractivity contribution in [3.8, 4) is 5.69 Å². The van der Waals surface area contributed by atoms with E-state index < -0.39 is 5.97 Å². The van der Waals surface area contributed by atoms with Crippen LogP contribution in [0.4, 0.5) is 0 Å². The third kappa shape index (κ3) is 4.76. The van der Waals surface area contributed by atoms with Gasteiger partial charge < -0.3 is 15.0 Å². The third-order valence-electron chi connectivity index (χ3n) is 4.24. The zero-order valence-electron chi connectivity index (χ0n) is 16.7. The zero-order chi connectivity index (χ0) is 20.7. The van der Waals surface area contributed by atoms with Crippen molar-refractivity contribution < 1.29 is 19.1 Å². The Kier molecular flexibility index (Phi) is 7.31. The normalized spacial score (nSPS) is 10.4. The lowest BCUT2D eigenvalue weighted by Crippen LogP contribution is -2.40. The highest BCUT2D eigenvalue weighted by Gasteiger charge is 2.19. The second-order valence-corrected chi connectivity index (χ2v) is 6.10. The molecule has 28 heavy (non-hydrogen) atoms. The summed E-state index contributed by atoms with van der Waals surface area (Å²) in [5, 5.41) is 6.93. The van der Waals surface area contributed by atoms with Crippen molar-refractivity contribution in [2.75, 3.05) is 26.2 Å². The molecule has 0 aliphatic carbocycles. The predicted molar refractivity (Wildman–Crippen MR) is 105 cm³/mol. The van der Waals surface area contributed by atoms with Crippen molar-refractivity contribution in [1.29, 1.82) is 0 Å². The lowest BCUT2D eigenvalue weighted by atomic mass is 10.1. The van der Waals surface area contributed by atoms with Gasteiger partial charge in [0, 0.05) is 18.7 Å². The van der Waals surface area contributed by atoms with E-state index in [1.54, 1.807) is 42.8 Å². The molecule has 1 aromatic heterocycles. The van der Waals surface area contributed by atoms with Crippen LogP contribution in [0.3, 0.4) is 0 Å². The van der Waals surface area contributed by atoms with Crippen LogP contribution in [0, 0.1) is 6.92 Å². The van der Waals surface area contributed by atoms with E-state index in [4.69, 9.17) is 4.74 Å². The summed E-state index contributed by atoms with van der Waals surface area (Å²) in [6.07, 6.45) is 1.47. The van der Waals surface area contributed by atoms with Crippen molar-refractivity contribution in [2.45, 2.75) is 27.7 Å². The molecule has 8 nitrogen and oxygen atoms in total. The molecule has 1 heterocycles. The van der Waals surface area contributed by atoms with Gasteiger partial charge >= 0.3 is 5.97 Å². The minimum Gasteiger partial charge on any atom is -0.462 e. The fourth-order valence-corrected chi connectivity index (χ4v) is 2.76. The smallest absolute Gasteiger partial charge is 0.341 e. The molecule has 2 aromatic rings. The van der Waals surface area contributed by atoms with Gasteiger partial charge in [0.2, 0.25) is 5.91 Å². The van der Waals surface area contributed by atoms with Crippen molar-refractivity contribution in [3.05, 3.63) is 47.3 Å². The van der Waals surface area contributed by atoms with Gasteiger partial charge in [-0.15, -0.1) is 0 Å². The van der Waals surface area contributed by atoms with E-state index in [0.717, 1.165) is 5.69 Å². The van der Waals surface area contributed by atoms with Crippen molar-refractivity contribution in [2.24, 2.45) is 0 Å². The number of nitrogens with zero attached hydrogens (tertiary/aromatic N) is 3. The number of aromatic nitrogens is 2. The van der Waals surface area contributed by atoms with Gasteiger partial charge in [0.05, 0.1) is 30.7 Å². The third-order valence-corrected chi connectivity index (χ3v) is 4.24. The maximum absolute atomic E-state index is 12.7. The molecule has 0 aliphatic heterocycles. The Balaban J connectivity index is 2.18. The predicted octanol–water partition coefficient (Wildman–Crippen LogP) is 1.96. The summed E-state index contributed by atoms with van der Waals surface area (Å²) in [5.74, 6) is -0.820. The molecular weight excluding hydrogens is 360 g/mol. The summed E-state index contributed by atoms with van der Waals surface area (Å²) in [5.41, 5.74) is 2.26. The highest BCUT2D eigenvalue weighted by Crippen LogP contribution is 2.16. The number of hydrogen-bond donors (Lipinski definition) is 1. The molecular formula is C20H26N4O4. The minimum absolute atomic E-state index is 0.0199. The Morgan fingerprint density at radius 1 is 1.14 bits per heavy atom. The number of esters is 1. The molecule has 0 bridgehead atoms. The highest BCUT2D eigenvalue weighted by molar-refractivity contribution is 5.96. The Hall–Kier alpha value is -3.16. The van der Waals surface area contributed by atoms with E-state index >= 15 is 0 Å². The largest absolute Gasteiger partial charge is 0.462 e. The molecule has 2 amide bonds. The summed E-state index contributed by atoms with van der Waals surface area (Å²) in [7, 11) is 0. The number of rotatable bonds is 8. The molecule has 0 saturated heterocycles. The molecule has 0 fully saturated rings. The zero-order valence-corrected chi connectivity index (χ0v) is 16.7. The Labute approximate surface area is 164 Å². The fraction of sp³-hybridized carbons (Fsp3) is 0.400. The number of benzene rings is 1. The van der Waals surface area contributed by atoms with Crippen molar-refractivity contribution in [1.82, 2.24) is 20.0 Å². The first-order valence-corrected chi connectivity index (χ1v) is 9.31. The van der Waals surface area contributed by atoms with Crippen LogP contribution in [0.1, 0.15) is 47.2 Å². The van der Waals surface area contributed by atoms with E-state index in [2.05, 4.69) is 10.4 Å². The molecule has 0 unspecified atom stereocenters. The van der Waals surface area contributed by atoms with Gasteiger partial charge in [-0.1, -0.05) is 0 Å². The molecule has 0 spiro atoms. The molecule has 0 saturated carbocycles. The second kappa shape index (κ2) is 9.68. The Morgan fingerprint density at radius 2 is 1.82 bits per heavy atom. The van der Waals surface area contributed by atoms with Gasteiger partial charge in [0.1, 0.15) is 5.56 Å². The number of carbonyl (C=O) groups is 3. The van der Waals surface area contributed by atoms with Gasteiger partial charge in [-0.2, -0.15) is 5.10 Å². The van der Waals surface area contributed by atoms with E-state index in [1.807, 2.05) is 13.8 Å². The van der Waals surface area contributed by atoms with E-state index in [-0.39, 0.29) is 18.4 Å². The summed E-state index contributed by atoms with van der Waals surface area (Å²) in [6, 6.07) is 6.87. The average molecular weight is 386 g/mol. The van der Waals surface area contributed by atoms with Crippen LogP contribution in [-0.4, -0.2) is 58.7 Å². The molecule has 150 valence electrons. The standard InChI is InChI=1S/C20H26N4O4/c1-5-21-18(25)13-23(6-2)19(26)15-8-10-16(11-9-15)24-14(4)17(12-22-24)20(27)28-7-3/h8-12H,5-7,13H2,1-4H3,(H,21,25). The number of amides is 2. The minimum atomic E-state index is -0.415. The van der Waals surface area contributed by atoms with Crippen LogP contribution in [0.5, 0.6) is 0 Å². The van der Waals surface area contributed by atoms with Gasteiger partial charge in [0.15, 0.2) is 0 Å². The first kappa shape index (κ1) is 21.1. The first-order valence-electron chi connectivity index (χ1n) is 9.31. The Bertz CT molecular complexity index is 842. The lowest BCUT2D eigenvalue weighted by Gasteiger charge is -2.20. The van der Waals surface area contributed by atoms with Crippen LogP contribution in [0.15, 0.2) is 30.5 Å². The quantitative estimate of drug-likeness (QED) is 0.700. The van der Waals surface area contributed by atoms with Crippen LogP contribution in [-0.2, 0) is 9.53 Å². The average Bonchev–Trinajstić information content (AvgIpc) is 3.07. The molecule has 2 rings (SSSR count). The van der Waals surface area contributed by atoms with Gasteiger partial charge in [0.25, 0.3) is 5.91 Å². The van der Waals surface area contributed by atoms with Crippen LogP contribution < -0.4 is 5.32 Å². The Morgan fingerprint density at radius 3 is 2.39 bits per heavy atom. The second-order valence-electron chi connectivity index (χ2n) is 6.10. The van der Waals surface area contributed by atoms with Crippen LogP contribution in [0.2, 0.25) is 0 Å². The van der Waals surface area contributed by atoms with E-state index in [1.165, 1.54) is 11.1 Å². The molecule has 0 radical (unpaired) electrons. The lowest BCUT2D eigenvalue weighted by molar-refractivity contribution is -0.121. The van der Waals surface area contributed by atoms with E-state index in [0.29, 0.717) is 36.5 Å². The monoisotopic (exact) mass is 386 g/mol. The molecule has 1 N–H and O–H groups in total. The summed E-state index contributed by atoms with van der Waals surface area (Å²) in [6.45, 7) is 8.46. The number of ether oxygens (including phenoxy) is 1. The number of nitrogens with one attached hydrogen (secondary N) is 1. The van der Waals surface area contributed by atoms with Gasteiger partial charge in [-0.05, 0) is 52.0 Å². The molecule has 8 heteroatoms. The molecule has 0 atom stereocenters. The summed E-state index contributed by atoms with van der Waals surface area (Å²) >= 11 is 0. The molecule has 1 aromatic carbocycles.